The standard InChI is InChI=1S/C32H39N5/c1-4-7-23-10-14-25(15-11-23)26-16-12-24(13-17-26)22-33-27-18-20-28(21-19-27)34-32-35-30-9-6-5-8-29(30)31(36-32)37(2)3/h5-6,8-17,27-28,33H,4,7,18-22H2,1-3H3,(H,34,35,36). The van der Waals surface area contributed by atoms with Gasteiger partial charge in [0.1, 0.15) is 5.82 Å². The molecule has 0 unspecified atom stereocenters. The highest BCUT2D eigenvalue weighted by molar-refractivity contribution is 5.90. The van der Waals surface area contributed by atoms with Crippen LogP contribution in [0.4, 0.5) is 11.8 Å². The van der Waals surface area contributed by atoms with E-state index in [9.17, 15) is 0 Å². The normalized spacial score (nSPS) is 17.6. The van der Waals surface area contributed by atoms with Crippen LogP contribution in [0.15, 0.2) is 72.8 Å². The minimum atomic E-state index is 0.414. The average Bonchev–Trinajstić information content (AvgIpc) is 2.93. The first-order valence-corrected chi connectivity index (χ1v) is 13.7. The Hall–Kier alpha value is -3.44. The molecule has 0 spiro atoms. The third-order valence-electron chi connectivity index (χ3n) is 7.44. The van der Waals surface area contributed by atoms with Crippen molar-refractivity contribution in [2.45, 2.75) is 64.1 Å². The van der Waals surface area contributed by atoms with E-state index in [1.807, 2.05) is 26.2 Å². The molecule has 192 valence electrons. The lowest BCUT2D eigenvalue weighted by atomic mass is 9.91. The van der Waals surface area contributed by atoms with E-state index in [-0.39, 0.29) is 0 Å². The SMILES string of the molecule is CCCc1ccc(-c2ccc(CNC3CCC(Nc4nc(N(C)C)c5ccccc5n4)CC3)cc2)cc1. The summed E-state index contributed by atoms with van der Waals surface area (Å²) in [4.78, 5) is 11.7. The average molecular weight is 494 g/mol. The number of benzene rings is 3. The molecule has 1 heterocycles. The molecule has 1 fully saturated rings. The zero-order valence-corrected chi connectivity index (χ0v) is 22.4. The molecule has 5 nitrogen and oxygen atoms in total. The molecule has 0 radical (unpaired) electrons. The van der Waals surface area contributed by atoms with E-state index in [1.165, 1.54) is 28.7 Å². The maximum Gasteiger partial charge on any atom is 0.225 e. The fraction of sp³-hybridized carbons (Fsp3) is 0.375. The van der Waals surface area contributed by atoms with Crippen molar-refractivity contribution < 1.29 is 0 Å². The zero-order chi connectivity index (χ0) is 25.6. The number of hydrogen-bond acceptors (Lipinski definition) is 5. The van der Waals surface area contributed by atoms with E-state index in [2.05, 4.69) is 83.1 Å². The number of fused-ring (bicyclic) bond motifs is 1. The molecule has 37 heavy (non-hydrogen) atoms. The van der Waals surface area contributed by atoms with Crippen LogP contribution >= 0.6 is 0 Å². The molecule has 4 aromatic rings. The zero-order valence-electron chi connectivity index (χ0n) is 22.4. The number of aryl methyl sites for hydroxylation is 1. The largest absolute Gasteiger partial charge is 0.362 e. The Morgan fingerprint density at radius 3 is 2.03 bits per heavy atom. The lowest BCUT2D eigenvalue weighted by Gasteiger charge is -2.30. The first kappa shape index (κ1) is 25.2. The van der Waals surface area contributed by atoms with Crippen LogP contribution in [0.5, 0.6) is 0 Å². The highest BCUT2D eigenvalue weighted by Gasteiger charge is 2.22. The number of anilines is 2. The highest BCUT2D eigenvalue weighted by Crippen LogP contribution is 2.27. The van der Waals surface area contributed by atoms with Gasteiger partial charge < -0.3 is 15.5 Å². The van der Waals surface area contributed by atoms with Gasteiger partial charge in [0.05, 0.1) is 5.52 Å². The number of aromatic nitrogens is 2. The smallest absolute Gasteiger partial charge is 0.225 e. The van der Waals surface area contributed by atoms with Crippen molar-refractivity contribution in [2.75, 3.05) is 24.3 Å². The van der Waals surface area contributed by atoms with Gasteiger partial charge in [-0.05, 0) is 66.5 Å². The molecule has 0 bridgehead atoms. The molecular formula is C32H39N5. The van der Waals surface area contributed by atoms with Crippen LogP contribution in [-0.2, 0) is 13.0 Å². The van der Waals surface area contributed by atoms with Crippen molar-refractivity contribution >= 4 is 22.7 Å². The molecule has 5 heteroatoms. The minimum absolute atomic E-state index is 0.414. The van der Waals surface area contributed by atoms with Crippen LogP contribution in [0.25, 0.3) is 22.0 Å². The first-order chi connectivity index (χ1) is 18.1. The number of nitrogens with one attached hydrogen (secondary N) is 2. The minimum Gasteiger partial charge on any atom is -0.362 e. The van der Waals surface area contributed by atoms with Crippen LogP contribution in [-0.4, -0.2) is 36.1 Å². The van der Waals surface area contributed by atoms with Crippen molar-refractivity contribution in [3.05, 3.63) is 83.9 Å². The van der Waals surface area contributed by atoms with E-state index in [1.54, 1.807) is 0 Å². The molecule has 1 aliphatic rings. The van der Waals surface area contributed by atoms with Gasteiger partial charge in [0.15, 0.2) is 0 Å². The molecule has 1 aromatic heterocycles. The van der Waals surface area contributed by atoms with Gasteiger partial charge in [0.2, 0.25) is 5.95 Å². The van der Waals surface area contributed by atoms with E-state index in [4.69, 9.17) is 9.97 Å². The van der Waals surface area contributed by atoms with Crippen LogP contribution in [0.1, 0.15) is 50.2 Å². The third kappa shape index (κ3) is 6.28. The molecular weight excluding hydrogens is 454 g/mol. The van der Waals surface area contributed by atoms with Crippen LogP contribution in [0, 0.1) is 0 Å². The van der Waals surface area contributed by atoms with E-state index >= 15 is 0 Å². The molecule has 1 saturated carbocycles. The van der Waals surface area contributed by atoms with Crippen molar-refractivity contribution in [3.63, 3.8) is 0 Å². The summed E-state index contributed by atoms with van der Waals surface area (Å²) >= 11 is 0. The lowest BCUT2D eigenvalue weighted by molar-refractivity contribution is 0.352. The second-order valence-corrected chi connectivity index (χ2v) is 10.5. The molecule has 5 rings (SSSR count). The van der Waals surface area contributed by atoms with Crippen LogP contribution < -0.4 is 15.5 Å². The van der Waals surface area contributed by atoms with Gasteiger partial charge in [-0.15, -0.1) is 0 Å². The third-order valence-corrected chi connectivity index (χ3v) is 7.44. The van der Waals surface area contributed by atoms with E-state index in [0.717, 1.165) is 61.3 Å². The summed E-state index contributed by atoms with van der Waals surface area (Å²) in [7, 11) is 4.07. The molecule has 0 atom stereocenters. The lowest BCUT2D eigenvalue weighted by Crippen LogP contribution is -2.37. The summed E-state index contributed by atoms with van der Waals surface area (Å²) in [5, 5.41) is 8.49. The van der Waals surface area contributed by atoms with E-state index < -0.39 is 0 Å². The van der Waals surface area contributed by atoms with Crippen molar-refractivity contribution in [2.24, 2.45) is 0 Å². The van der Waals surface area contributed by atoms with Gasteiger partial charge in [0, 0.05) is 38.1 Å². The number of nitrogens with zero attached hydrogens (tertiary/aromatic N) is 3. The van der Waals surface area contributed by atoms with E-state index in [0.29, 0.717) is 12.1 Å². The highest BCUT2D eigenvalue weighted by atomic mass is 15.2. The predicted octanol–water partition coefficient (Wildman–Crippen LogP) is 6.83. The number of rotatable bonds is 9. The fourth-order valence-corrected chi connectivity index (χ4v) is 5.32. The van der Waals surface area contributed by atoms with Crippen molar-refractivity contribution in [1.82, 2.24) is 15.3 Å². The van der Waals surface area contributed by atoms with Crippen LogP contribution in [0.3, 0.4) is 0 Å². The predicted molar refractivity (Wildman–Crippen MR) is 156 cm³/mol. The maximum atomic E-state index is 4.82. The molecule has 3 aromatic carbocycles. The Morgan fingerprint density at radius 1 is 0.757 bits per heavy atom. The quantitative estimate of drug-likeness (QED) is 0.268. The van der Waals surface area contributed by atoms with Gasteiger partial charge in [-0.25, -0.2) is 4.98 Å². The number of para-hydroxylation sites is 1. The molecule has 0 amide bonds. The Morgan fingerprint density at radius 2 is 1.38 bits per heavy atom. The fourth-order valence-electron chi connectivity index (χ4n) is 5.32. The van der Waals surface area contributed by atoms with Gasteiger partial charge in [-0.1, -0.05) is 74.0 Å². The van der Waals surface area contributed by atoms with Gasteiger partial charge >= 0.3 is 0 Å². The maximum absolute atomic E-state index is 4.82. The molecule has 2 N–H and O–H groups in total. The van der Waals surface area contributed by atoms with Gasteiger partial charge in [0.25, 0.3) is 0 Å². The summed E-state index contributed by atoms with van der Waals surface area (Å²) in [5.41, 5.74) is 6.32. The summed E-state index contributed by atoms with van der Waals surface area (Å²) in [6, 6.07) is 27.2. The van der Waals surface area contributed by atoms with Crippen molar-refractivity contribution in [1.29, 1.82) is 0 Å². The summed E-state index contributed by atoms with van der Waals surface area (Å²) in [6.07, 6.45) is 6.91. The first-order valence-electron chi connectivity index (χ1n) is 13.7. The topological polar surface area (TPSA) is 53.1 Å². The second kappa shape index (κ2) is 11.7. The summed E-state index contributed by atoms with van der Waals surface area (Å²) in [5.74, 6) is 1.70. The van der Waals surface area contributed by atoms with Gasteiger partial charge in [-0.2, -0.15) is 4.98 Å². The number of hydrogen-bond donors (Lipinski definition) is 2. The Bertz CT molecular complexity index is 1290. The Balaban J connectivity index is 1.11. The van der Waals surface area contributed by atoms with Gasteiger partial charge in [-0.3, -0.25) is 0 Å². The summed E-state index contributed by atoms with van der Waals surface area (Å²) in [6.45, 7) is 3.14. The molecule has 0 aliphatic heterocycles. The monoisotopic (exact) mass is 493 g/mol. The molecule has 1 aliphatic carbocycles. The molecule has 0 saturated heterocycles. The Kier molecular flexibility index (Phi) is 8.00. The van der Waals surface area contributed by atoms with Crippen LogP contribution in [0.2, 0.25) is 0 Å². The van der Waals surface area contributed by atoms with Crippen molar-refractivity contribution in [3.8, 4) is 11.1 Å². The summed E-state index contributed by atoms with van der Waals surface area (Å²) < 4.78 is 0. The second-order valence-electron chi connectivity index (χ2n) is 10.5. The Labute approximate surface area is 221 Å².